The molecule has 1 heterocycles. The normalized spacial score (nSPS) is 13.6. The summed E-state index contributed by atoms with van der Waals surface area (Å²) in [6.45, 7) is 7.03. The molecule has 0 spiro atoms. The third-order valence-electron chi connectivity index (χ3n) is 6.51. The first-order valence-electron chi connectivity index (χ1n) is 12.5. The third kappa shape index (κ3) is 5.44. The van der Waals surface area contributed by atoms with E-state index in [9.17, 15) is 4.79 Å². The van der Waals surface area contributed by atoms with Crippen molar-refractivity contribution in [1.29, 1.82) is 0 Å². The average Bonchev–Trinajstić information content (AvgIpc) is 2.91. The number of allylic oxidation sites excluding steroid dienone is 1. The predicted molar refractivity (Wildman–Crippen MR) is 150 cm³/mol. The molecule has 0 aromatic heterocycles. The first kappa shape index (κ1) is 24.4. The molecule has 0 amide bonds. The summed E-state index contributed by atoms with van der Waals surface area (Å²) in [7, 11) is 0. The summed E-state index contributed by atoms with van der Waals surface area (Å²) in [5.41, 5.74) is 7.60. The molecule has 5 rings (SSSR count). The molecule has 1 aliphatic rings. The van der Waals surface area contributed by atoms with Crippen molar-refractivity contribution in [2.75, 3.05) is 5.32 Å². The highest BCUT2D eigenvalue weighted by Crippen LogP contribution is 2.42. The number of benzene rings is 4. The fraction of sp³-hybridized carbons (Fsp3) is 0.182. The standard InChI is InChI=1S/C33H31NO3/c1-23-20-33(2,3)34-29-19-18-26(28(31(23)29)22-37-32(35)25-14-8-5-9-15-25)27-16-10-11-17-30(27)36-21-24-12-6-4-7-13-24/h4-20,34H,21-22H2,1-3H3. The van der Waals surface area contributed by atoms with Crippen LogP contribution in [-0.2, 0) is 18.0 Å². The lowest BCUT2D eigenvalue weighted by molar-refractivity contribution is 0.0473. The quantitative estimate of drug-likeness (QED) is 0.268. The van der Waals surface area contributed by atoms with Crippen molar-refractivity contribution in [3.63, 3.8) is 0 Å². The van der Waals surface area contributed by atoms with Gasteiger partial charge in [-0.15, -0.1) is 0 Å². The molecule has 1 N–H and O–H groups in total. The molecule has 1 aliphatic heterocycles. The number of ether oxygens (including phenoxy) is 2. The van der Waals surface area contributed by atoms with Gasteiger partial charge >= 0.3 is 5.97 Å². The van der Waals surface area contributed by atoms with Crippen molar-refractivity contribution in [1.82, 2.24) is 0 Å². The first-order chi connectivity index (χ1) is 17.9. The average molecular weight is 490 g/mol. The molecule has 0 fully saturated rings. The summed E-state index contributed by atoms with van der Waals surface area (Å²) in [5, 5.41) is 3.62. The Morgan fingerprint density at radius 3 is 2.22 bits per heavy atom. The monoisotopic (exact) mass is 489 g/mol. The van der Waals surface area contributed by atoms with Crippen LogP contribution in [0.4, 0.5) is 5.69 Å². The van der Waals surface area contributed by atoms with E-state index in [-0.39, 0.29) is 18.1 Å². The lowest BCUT2D eigenvalue weighted by Crippen LogP contribution is -2.32. The van der Waals surface area contributed by atoms with Crippen molar-refractivity contribution in [3.05, 3.63) is 125 Å². The molecule has 0 unspecified atom stereocenters. The second-order valence-electron chi connectivity index (χ2n) is 9.90. The van der Waals surface area contributed by atoms with Crippen LogP contribution >= 0.6 is 0 Å². The minimum absolute atomic E-state index is 0.145. The molecule has 4 heteroatoms. The van der Waals surface area contributed by atoms with Crippen LogP contribution in [0.1, 0.15) is 47.8 Å². The summed E-state index contributed by atoms with van der Waals surface area (Å²) < 4.78 is 12.2. The number of para-hydroxylation sites is 1. The second-order valence-corrected chi connectivity index (χ2v) is 9.90. The number of hydrogen-bond donors (Lipinski definition) is 1. The van der Waals surface area contributed by atoms with Gasteiger partial charge in [0, 0.05) is 22.4 Å². The Kier molecular flexibility index (Phi) is 6.82. The second kappa shape index (κ2) is 10.4. The van der Waals surface area contributed by atoms with E-state index in [0.717, 1.165) is 44.8 Å². The van der Waals surface area contributed by atoms with E-state index in [1.165, 1.54) is 0 Å². The number of carbonyl (C=O) groups is 1. The molecule has 0 saturated carbocycles. The van der Waals surface area contributed by atoms with Gasteiger partial charge in [-0.2, -0.15) is 0 Å². The van der Waals surface area contributed by atoms with E-state index in [1.54, 1.807) is 12.1 Å². The lowest BCUT2D eigenvalue weighted by Gasteiger charge is -2.33. The predicted octanol–water partition coefficient (Wildman–Crippen LogP) is 7.90. The Morgan fingerprint density at radius 2 is 1.46 bits per heavy atom. The van der Waals surface area contributed by atoms with Gasteiger partial charge in [0.25, 0.3) is 0 Å². The van der Waals surface area contributed by atoms with Gasteiger partial charge in [0.1, 0.15) is 19.0 Å². The number of esters is 1. The largest absolute Gasteiger partial charge is 0.488 e. The SMILES string of the molecule is CC1=CC(C)(C)Nc2ccc(-c3ccccc3OCc3ccccc3)c(COC(=O)c3ccccc3)c21. The van der Waals surface area contributed by atoms with Gasteiger partial charge in [-0.1, -0.05) is 78.9 Å². The van der Waals surface area contributed by atoms with E-state index < -0.39 is 0 Å². The molecule has 4 aromatic carbocycles. The van der Waals surface area contributed by atoms with Crippen LogP contribution in [0.3, 0.4) is 0 Å². The van der Waals surface area contributed by atoms with Gasteiger partial charge < -0.3 is 14.8 Å². The summed E-state index contributed by atoms with van der Waals surface area (Å²) in [6.07, 6.45) is 2.22. The smallest absolute Gasteiger partial charge is 0.338 e. The van der Waals surface area contributed by atoms with Crippen LogP contribution in [0.5, 0.6) is 5.75 Å². The maximum atomic E-state index is 12.9. The van der Waals surface area contributed by atoms with E-state index in [0.29, 0.717) is 12.2 Å². The van der Waals surface area contributed by atoms with Crippen LogP contribution in [0, 0.1) is 0 Å². The van der Waals surface area contributed by atoms with Crippen molar-refractivity contribution >= 4 is 17.2 Å². The van der Waals surface area contributed by atoms with Gasteiger partial charge in [-0.3, -0.25) is 0 Å². The molecule has 0 bridgehead atoms. The number of fused-ring (bicyclic) bond motifs is 1. The Morgan fingerprint density at radius 1 is 0.784 bits per heavy atom. The molecule has 4 aromatic rings. The summed E-state index contributed by atoms with van der Waals surface area (Å²) >= 11 is 0. The van der Waals surface area contributed by atoms with Crippen molar-refractivity contribution < 1.29 is 14.3 Å². The van der Waals surface area contributed by atoms with Gasteiger partial charge in [0.2, 0.25) is 0 Å². The zero-order valence-electron chi connectivity index (χ0n) is 21.5. The molecular formula is C33H31NO3. The maximum absolute atomic E-state index is 12.9. The molecule has 0 saturated heterocycles. The number of hydrogen-bond acceptors (Lipinski definition) is 4. The van der Waals surface area contributed by atoms with Crippen molar-refractivity contribution in [3.8, 4) is 16.9 Å². The van der Waals surface area contributed by atoms with Crippen LogP contribution in [0.2, 0.25) is 0 Å². The zero-order valence-corrected chi connectivity index (χ0v) is 21.5. The Labute approximate surface area is 218 Å². The van der Waals surface area contributed by atoms with Crippen LogP contribution in [-0.4, -0.2) is 11.5 Å². The molecular weight excluding hydrogens is 458 g/mol. The summed E-state index contributed by atoms with van der Waals surface area (Å²) in [6, 6.07) is 31.5. The van der Waals surface area contributed by atoms with Gasteiger partial charge in [-0.25, -0.2) is 4.79 Å². The molecule has 186 valence electrons. The highest BCUT2D eigenvalue weighted by Gasteiger charge is 2.27. The fourth-order valence-electron chi connectivity index (χ4n) is 4.95. The molecule has 0 radical (unpaired) electrons. The van der Waals surface area contributed by atoms with Crippen molar-refractivity contribution in [2.45, 2.75) is 39.5 Å². The van der Waals surface area contributed by atoms with Crippen LogP contribution < -0.4 is 10.1 Å². The molecule has 0 aliphatic carbocycles. The maximum Gasteiger partial charge on any atom is 0.338 e. The number of anilines is 1. The zero-order chi connectivity index (χ0) is 25.8. The Balaban J connectivity index is 1.55. The first-order valence-corrected chi connectivity index (χ1v) is 12.5. The number of nitrogens with one attached hydrogen (secondary N) is 1. The number of rotatable bonds is 7. The highest BCUT2D eigenvalue weighted by atomic mass is 16.5. The highest BCUT2D eigenvalue weighted by molar-refractivity contribution is 5.91. The number of carbonyl (C=O) groups excluding carboxylic acids is 1. The fourth-order valence-corrected chi connectivity index (χ4v) is 4.95. The Hall–Kier alpha value is -4.31. The topological polar surface area (TPSA) is 47.6 Å². The summed E-state index contributed by atoms with van der Waals surface area (Å²) in [4.78, 5) is 12.9. The van der Waals surface area contributed by atoms with E-state index in [2.05, 4.69) is 62.5 Å². The van der Waals surface area contributed by atoms with E-state index in [4.69, 9.17) is 9.47 Å². The molecule has 0 atom stereocenters. The van der Waals surface area contributed by atoms with Gasteiger partial charge in [-0.05, 0) is 61.7 Å². The molecule has 37 heavy (non-hydrogen) atoms. The summed E-state index contributed by atoms with van der Waals surface area (Å²) in [5.74, 6) is 0.441. The van der Waals surface area contributed by atoms with E-state index in [1.807, 2.05) is 54.6 Å². The van der Waals surface area contributed by atoms with Crippen molar-refractivity contribution in [2.24, 2.45) is 0 Å². The Bertz CT molecular complexity index is 1440. The van der Waals surface area contributed by atoms with Crippen LogP contribution in [0.15, 0.2) is 103 Å². The molecule has 4 nitrogen and oxygen atoms in total. The van der Waals surface area contributed by atoms with Gasteiger partial charge in [0.05, 0.1) is 11.1 Å². The van der Waals surface area contributed by atoms with Crippen LogP contribution in [0.25, 0.3) is 16.7 Å². The van der Waals surface area contributed by atoms with Gasteiger partial charge in [0.15, 0.2) is 0 Å². The van der Waals surface area contributed by atoms with E-state index >= 15 is 0 Å². The third-order valence-corrected chi connectivity index (χ3v) is 6.51. The lowest BCUT2D eigenvalue weighted by atomic mass is 9.85. The minimum atomic E-state index is -0.344. The minimum Gasteiger partial charge on any atom is -0.488 e.